The van der Waals surface area contributed by atoms with Gasteiger partial charge in [-0.3, -0.25) is 9.48 Å². The third-order valence-corrected chi connectivity index (χ3v) is 4.03. The first-order chi connectivity index (χ1) is 8.54. The first-order valence-electron chi connectivity index (χ1n) is 6.14. The molecule has 0 radical (unpaired) electrons. The summed E-state index contributed by atoms with van der Waals surface area (Å²) in [7, 11) is 0. The van der Waals surface area contributed by atoms with Gasteiger partial charge >= 0.3 is 0 Å². The van der Waals surface area contributed by atoms with Gasteiger partial charge in [-0.2, -0.15) is 5.10 Å². The van der Waals surface area contributed by atoms with Gasteiger partial charge in [-0.1, -0.05) is 11.6 Å². The monoisotopic (exact) mass is 271 g/mol. The molecule has 1 fully saturated rings. The van der Waals surface area contributed by atoms with Crippen molar-refractivity contribution in [2.45, 2.75) is 39.3 Å². The zero-order chi connectivity index (χ0) is 13.3. The molecule has 2 heterocycles. The summed E-state index contributed by atoms with van der Waals surface area (Å²) < 4.78 is 1.63. The molecule has 0 saturated carbocycles. The van der Waals surface area contributed by atoms with Crippen molar-refractivity contribution < 1.29 is 9.90 Å². The lowest BCUT2D eigenvalue weighted by Gasteiger charge is -2.23. The first kappa shape index (κ1) is 13.4. The topological polar surface area (TPSA) is 58.4 Å². The predicted octanol–water partition coefficient (Wildman–Crippen LogP) is 1.14. The Morgan fingerprint density at radius 1 is 1.56 bits per heavy atom. The Balaban J connectivity index is 2.09. The molecule has 1 aromatic rings. The molecular weight excluding hydrogens is 254 g/mol. The Morgan fingerprint density at radius 2 is 2.28 bits per heavy atom. The second kappa shape index (κ2) is 5.28. The van der Waals surface area contributed by atoms with Crippen LogP contribution in [0.3, 0.4) is 0 Å². The molecule has 100 valence electrons. The molecule has 1 saturated heterocycles. The Bertz CT molecular complexity index is 458. The highest BCUT2D eigenvalue weighted by molar-refractivity contribution is 6.31. The van der Waals surface area contributed by atoms with Crippen molar-refractivity contribution in [3.63, 3.8) is 0 Å². The van der Waals surface area contributed by atoms with Crippen LogP contribution in [0.15, 0.2) is 0 Å². The van der Waals surface area contributed by atoms with E-state index in [1.165, 1.54) is 0 Å². The van der Waals surface area contributed by atoms with Crippen LogP contribution >= 0.6 is 11.6 Å². The summed E-state index contributed by atoms with van der Waals surface area (Å²) in [6.45, 7) is 4.61. The number of aryl methyl sites for hydroxylation is 1. The highest BCUT2D eigenvalue weighted by Gasteiger charge is 2.28. The number of amides is 1. The molecule has 1 atom stereocenters. The number of aliphatic hydroxyl groups excluding tert-OH is 1. The molecule has 1 amide bonds. The van der Waals surface area contributed by atoms with Crippen LogP contribution in [0, 0.1) is 13.8 Å². The number of aliphatic hydroxyl groups is 1. The minimum absolute atomic E-state index is 0.00573. The largest absolute Gasteiger partial charge is 0.394 e. The number of rotatable bonds is 3. The average molecular weight is 272 g/mol. The average Bonchev–Trinajstić information content (AvgIpc) is 2.91. The molecule has 1 aliphatic heterocycles. The molecule has 2 rings (SSSR count). The van der Waals surface area contributed by atoms with Crippen LogP contribution in [0.5, 0.6) is 0 Å². The number of carbonyl (C=O) groups is 1. The zero-order valence-corrected chi connectivity index (χ0v) is 11.4. The van der Waals surface area contributed by atoms with Crippen molar-refractivity contribution in [1.82, 2.24) is 14.7 Å². The highest BCUT2D eigenvalue weighted by atomic mass is 35.5. The van der Waals surface area contributed by atoms with Crippen molar-refractivity contribution in [2.24, 2.45) is 0 Å². The minimum Gasteiger partial charge on any atom is -0.394 e. The van der Waals surface area contributed by atoms with Crippen molar-refractivity contribution >= 4 is 17.5 Å². The number of carbonyl (C=O) groups excluding carboxylic acids is 1. The number of hydrogen-bond acceptors (Lipinski definition) is 3. The van der Waals surface area contributed by atoms with E-state index >= 15 is 0 Å². The molecule has 1 N–H and O–H groups in total. The summed E-state index contributed by atoms with van der Waals surface area (Å²) in [4.78, 5) is 13.9. The van der Waals surface area contributed by atoms with E-state index in [4.69, 9.17) is 11.6 Å². The summed E-state index contributed by atoms with van der Waals surface area (Å²) in [5.74, 6) is -0.00573. The fourth-order valence-corrected chi connectivity index (χ4v) is 2.54. The molecule has 18 heavy (non-hydrogen) atoms. The number of nitrogens with zero attached hydrogens (tertiary/aromatic N) is 3. The van der Waals surface area contributed by atoms with Gasteiger partial charge in [-0.25, -0.2) is 0 Å². The maximum atomic E-state index is 12.2. The van der Waals surface area contributed by atoms with E-state index in [2.05, 4.69) is 5.10 Å². The lowest BCUT2D eigenvalue weighted by molar-refractivity contribution is -0.133. The SMILES string of the molecule is Cc1nn(CC(=O)N2CCC[C@@H]2CO)c(C)c1Cl. The second-order valence-corrected chi connectivity index (χ2v) is 5.09. The van der Waals surface area contributed by atoms with E-state index in [1.54, 1.807) is 9.58 Å². The molecule has 0 aliphatic carbocycles. The summed E-state index contributed by atoms with van der Waals surface area (Å²) >= 11 is 6.05. The fourth-order valence-electron chi connectivity index (χ4n) is 2.40. The second-order valence-electron chi connectivity index (χ2n) is 4.71. The van der Waals surface area contributed by atoms with Crippen LogP contribution < -0.4 is 0 Å². The van der Waals surface area contributed by atoms with Gasteiger partial charge in [0.05, 0.1) is 29.1 Å². The summed E-state index contributed by atoms with van der Waals surface area (Å²) in [6.07, 6.45) is 1.83. The van der Waals surface area contributed by atoms with E-state index in [0.29, 0.717) is 5.02 Å². The van der Waals surface area contributed by atoms with Gasteiger partial charge in [-0.15, -0.1) is 0 Å². The van der Waals surface area contributed by atoms with Crippen LogP contribution in [0.2, 0.25) is 5.02 Å². The van der Waals surface area contributed by atoms with Gasteiger partial charge in [0, 0.05) is 6.54 Å². The normalized spacial score (nSPS) is 19.6. The molecule has 1 aromatic heterocycles. The van der Waals surface area contributed by atoms with Crippen molar-refractivity contribution in [3.8, 4) is 0 Å². The van der Waals surface area contributed by atoms with E-state index in [9.17, 15) is 9.90 Å². The van der Waals surface area contributed by atoms with Crippen LogP contribution in [0.4, 0.5) is 0 Å². The van der Waals surface area contributed by atoms with Crippen LogP contribution in [-0.2, 0) is 11.3 Å². The van der Waals surface area contributed by atoms with Crippen LogP contribution in [-0.4, -0.2) is 44.9 Å². The van der Waals surface area contributed by atoms with Crippen LogP contribution in [0.1, 0.15) is 24.2 Å². The molecule has 1 aliphatic rings. The molecule has 0 spiro atoms. The number of hydrogen-bond donors (Lipinski definition) is 1. The number of likely N-dealkylation sites (tertiary alicyclic amines) is 1. The van der Waals surface area contributed by atoms with Crippen molar-refractivity contribution in [2.75, 3.05) is 13.2 Å². The number of halogens is 1. The molecular formula is C12H18ClN3O2. The van der Waals surface area contributed by atoms with Crippen LogP contribution in [0.25, 0.3) is 0 Å². The van der Waals surface area contributed by atoms with E-state index in [-0.39, 0.29) is 25.1 Å². The smallest absolute Gasteiger partial charge is 0.244 e. The quantitative estimate of drug-likeness (QED) is 0.897. The highest BCUT2D eigenvalue weighted by Crippen LogP contribution is 2.21. The zero-order valence-electron chi connectivity index (χ0n) is 10.7. The Hall–Kier alpha value is -1.07. The maximum Gasteiger partial charge on any atom is 0.244 e. The fraction of sp³-hybridized carbons (Fsp3) is 0.667. The summed E-state index contributed by atoms with van der Waals surface area (Å²) in [6, 6.07) is -0.0371. The predicted molar refractivity (Wildman–Crippen MR) is 68.5 cm³/mol. The standard InChI is InChI=1S/C12H18ClN3O2/c1-8-12(13)9(2)16(14-8)6-11(18)15-5-3-4-10(15)7-17/h10,17H,3-7H2,1-2H3/t10-/m1/s1. The third kappa shape index (κ3) is 2.37. The van der Waals surface area contributed by atoms with Gasteiger partial charge in [-0.05, 0) is 26.7 Å². The molecule has 6 heteroatoms. The van der Waals surface area contributed by atoms with Crippen molar-refractivity contribution in [3.05, 3.63) is 16.4 Å². The van der Waals surface area contributed by atoms with Gasteiger partial charge in [0.1, 0.15) is 6.54 Å². The van der Waals surface area contributed by atoms with E-state index in [0.717, 1.165) is 30.8 Å². The minimum atomic E-state index is -0.0371. The van der Waals surface area contributed by atoms with E-state index in [1.807, 2.05) is 13.8 Å². The van der Waals surface area contributed by atoms with E-state index < -0.39 is 0 Å². The summed E-state index contributed by atoms with van der Waals surface area (Å²) in [5.41, 5.74) is 1.55. The Kier molecular flexibility index (Phi) is 3.92. The first-order valence-corrected chi connectivity index (χ1v) is 6.52. The van der Waals surface area contributed by atoms with Crippen molar-refractivity contribution in [1.29, 1.82) is 0 Å². The number of aromatic nitrogens is 2. The molecule has 0 aromatic carbocycles. The Labute approximate surface area is 111 Å². The third-order valence-electron chi connectivity index (χ3n) is 3.49. The Morgan fingerprint density at radius 3 is 2.83 bits per heavy atom. The lowest BCUT2D eigenvalue weighted by atomic mass is 10.2. The van der Waals surface area contributed by atoms with Gasteiger partial charge in [0.25, 0.3) is 0 Å². The summed E-state index contributed by atoms with van der Waals surface area (Å²) in [5, 5.41) is 14.1. The van der Waals surface area contributed by atoms with Gasteiger partial charge in [0.15, 0.2) is 0 Å². The molecule has 0 unspecified atom stereocenters. The molecule has 0 bridgehead atoms. The van der Waals surface area contributed by atoms with Gasteiger partial charge in [0.2, 0.25) is 5.91 Å². The maximum absolute atomic E-state index is 12.2. The lowest BCUT2D eigenvalue weighted by Crippen LogP contribution is -2.39. The molecule has 5 nitrogen and oxygen atoms in total. The van der Waals surface area contributed by atoms with Gasteiger partial charge < -0.3 is 10.0 Å².